The van der Waals surface area contributed by atoms with Crippen LogP contribution in [0.2, 0.25) is 0 Å². The number of anilines is 1. The van der Waals surface area contributed by atoms with Gasteiger partial charge in [0.15, 0.2) is 12.0 Å². The van der Waals surface area contributed by atoms with Crippen molar-refractivity contribution in [2.45, 2.75) is 96.6 Å². The maximum atomic E-state index is 14.0. The van der Waals surface area contributed by atoms with Gasteiger partial charge in [0.05, 0.1) is 13.2 Å². The number of aliphatic hydroxyl groups is 2. The SMILES string of the molecule is CCCCOC(=O)[C@H](C)NP(=O)(CO[C@@]1(C)O[C@@H](n2ccc(N)nc2=O)[C@H](O)[C@@H]1O)N[C@@H](C)C(=O)OCCCC. The van der Waals surface area contributed by atoms with Gasteiger partial charge in [0.1, 0.15) is 36.5 Å². The first-order chi connectivity index (χ1) is 18.8. The number of carbonyl (C=O) groups is 2. The highest BCUT2D eigenvalue weighted by Crippen LogP contribution is 2.43. The minimum absolute atomic E-state index is 0.0453. The first kappa shape index (κ1) is 33.8. The molecule has 0 saturated carbocycles. The molecule has 1 aliphatic rings. The molecular weight excluding hydrogens is 549 g/mol. The van der Waals surface area contributed by atoms with E-state index < -0.39 is 67.7 Å². The maximum Gasteiger partial charge on any atom is 0.351 e. The molecule has 0 radical (unpaired) electrons. The number of nitrogens with one attached hydrogen (secondary N) is 2. The molecule has 0 amide bonds. The summed E-state index contributed by atoms with van der Waals surface area (Å²) in [7, 11) is -3.96. The highest BCUT2D eigenvalue weighted by molar-refractivity contribution is 7.59. The highest BCUT2D eigenvalue weighted by Gasteiger charge is 2.54. The molecule has 16 heteroatoms. The van der Waals surface area contributed by atoms with Crippen LogP contribution < -0.4 is 21.6 Å². The number of unbranched alkanes of at least 4 members (excludes halogenated alkanes) is 2. The van der Waals surface area contributed by atoms with Crippen LogP contribution in [-0.4, -0.2) is 81.3 Å². The molecule has 40 heavy (non-hydrogen) atoms. The number of nitrogens with zero attached hydrogens (tertiary/aromatic N) is 2. The second kappa shape index (κ2) is 15.0. The lowest BCUT2D eigenvalue weighted by Gasteiger charge is -2.32. The van der Waals surface area contributed by atoms with Crippen molar-refractivity contribution >= 4 is 25.2 Å². The Morgan fingerprint density at radius 3 is 2.15 bits per heavy atom. The van der Waals surface area contributed by atoms with Gasteiger partial charge in [-0.1, -0.05) is 26.7 Å². The van der Waals surface area contributed by atoms with Gasteiger partial charge in [-0.2, -0.15) is 4.98 Å². The van der Waals surface area contributed by atoms with Gasteiger partial charge in [0, 0.05) is 6.20 Å². The Morgan fingerprint density at radius 1 is 1.15 bits per heavy atom. The van der Waals surface area contributed by atoms with E-state index in [2.05, 4.69) is 15.2 Å². The first-order valence-electron chi connectivity index (χ1n) is 13.3. The van der Waals surface area contributed by atoms with E-state index in [9.17, 15) is 29.2 Å². The smallest absolute Gasteiger partial charge is 0.351 e. The summed E-state index contributed by atoms with van der Waals surface area (Å²) in [6.07, 6.45) is -1.25. The fraction of sp³-hybridized carbons (Fsp3) is 0.750. The minimum atomic E-state index is -3.96. The van der Waals surface area contributed by atoms with Crippen molar-refractivity contribution in [2.75, 3.05) is 25.3 Å². The lowest BCUT2D eigenvalue weighted by Crippen LogP contribution is -2.46. The summed E-state index contributed by atoms with van der Waals surface area (Å²) in [6.45, 7) is 8.41. The largest absolute Gasteiger partial charge is 0.465 e. The summed E-state index contributed by atoms with van der Waals surface area (Å²) < 4.78 is 36.7. The van der Waals surface area contributed by atoms with Gasteiger partial charge in [-0.05, 0) is 39.7 Å². The summed E-state index contributed by atoms with van der Waals surface area (Å²) in [5.74, 6) is -3.33. The van der Waals surface area contributed by atoms with Crippen LogP contribution in [0.3, 0.4) is 0 Å². The maximum absolute atomic E-state index is 14.0. The molecule has 6 N–H and O–H groups in total. The lowest BCUT2D eigenvalue weighted by atomic mass is 10.1. The molecule has 0 spiro atoms. The fourth-order valence-corrected chi connectivity index (χ4v) is 5.88. The van der Waals surface area contributed by atoms with E-state index >= 15 is 0 Å². The summed E-state index contributed by atoms with van der Waals surface area (Å²) in [5.41, 5.74) is 4.68. The van der Waals surface area contributed by atoms with Crippen LogP contribution in [0.25, 0.3) is 0 Å². The molecule has 0 unspecified atom stereocenters. The number of rotatable bonds is 16. The molecule has 228 valence electrons. The molecule has 1 aliphatic heterocycles. The zero-order chi connectivity index (χ0) is 30.1. The lowest BCUT2D eigenvalue weighted by molar-refractivity contribution is -0.247. The van der Waals surface area contributed by atoms with Gasteiger partial charge in [-0.3, -0.25) is 18.7 Å². The van der Waals surface area contributed by atoms with Crippen molar-refractivity contribution in [1.29, 1.82) is 0 Å². The van der Waals surface area contributed by atoms with Crippen molar-refractivity contribution < 1.29 is 43.3 Å². The number of ether oxygens (including phenoxy) is 4. The Morgan fingerprint density at radius 2 is 1.68 bits per heavy atom. The van der Waals surface area contributed by atoms with Crippen LogP contribution in [0.15, 0.2) is 17.1 Å². The van der Waals surface area contributed by atoms with Crippen molar-refractivity contribution in [3.05, 3.63) is 22.7 Å². The summed E-state index contributed by atoms with van der Waals surface area (Å²) in [4.78, 5) is 40.8. The minimum Gasteiger partial charge on any atom is -0.465 e. The monoisotopic (exact) mass is 591 g/mol. The van der Waals surface area contributed by atoms with Crippen molar-refractivity contribution in [2.24, 2.45) is 0 Å². The van der Waals surface area contributed by atoms with Gasteiger partial charge in [0.2, 0.25) is 7.44 Å². The number of esters is 2. The normalized spacial score (nSPS) is 24.4. The molecule has 1 saturated heterocycles. The number of aliphatic hydroxyl groups excluding tert-OH is 2. The predicted molar refractivity (Wildman–Crippen MR) is 144 cm³/mol. The van der Waals surface area contributed by atoms with Crippen LogP contribution in [0.1, 0.15) is 66.5 Å². The number of hydrogen-bond donors (Lipinski definition) is 5. The zero-order valence-corrected chi connectivity index (χ0v) is 24.5. The molecule has 2 heterocycles. The molecule has 1 aromatic rings. The van der Waals surface area contributed by atoms with Crippen LogP contribution in [-0.2, 0) is 33.1 Å². The predicted octanol–water partition coefficient (Wildman–Crippen LogP) is 0.602. The average Bonchev–Trinajstić information content (AvgIpc) is 3.12. The molecule has 1 fully saturated rings. The third-order valence-electron chi connectivity index (χ3n) is 6.16. The molecule has 1 aromatic heterocycles. The summed E-state index contributed by atoms with van der Waals surface area (Å²) >= 11 is 0. The molecular formula is C24H42N5O10P. The van der Waals surface area contributed by atoms with Crippen molar-refractivity contribution in [3.8, 4) is 0 Å². The fourth-order valence-electron chi connectivity index (χ4n) is 3.75. The van der Waals surface area contributed by atoms with Gasteiger partial charge >= 0.3 is 17.6 Å². The van der Waals surface area contributed by atoms with Crippen LogP contribution >= 0.6 is 7.44 Å². The van der Waals surface area contributed by atoms with Gasteiger partial charge < -0.3 is 34.9 Å². The third-order valence-corrected chi connectivity index (χ3v) is 8.26. The van der Waals surface area contributed by atoms with E-state index in [-0.39, 0.29) is 19.0 Å². The van der Waals surface area contributed by atoms with Crippen molar-refractivity contribution in [3.63, 3.8) is 0 Å². The van der Waals surface area contributed by atoms with E-state index in [4.69, 9.17) is 24.7 Å². The molecule has 6 atom stereocenters. The Labute approximate surface area is 233 Å². The number of hydrogen-bond acceptors (Lipinski definition) is 12. The van der Waals surface area contributed by atoms with Crippen LogP contribution in [0.4, 0.5) is 5.82 Å². The average molecular weight is 592 g/mol. The standard InChI is InChI=1S/C24H42N5O10P/c1-6-8-12-36-21(32)15(3)27-40(35,28-16(4)22(33)37-13-9-7-2)14-38-24(5)19(31)18(30)20(39-24)29-11-10-17(25)26-23(29)34/h10-11,15-16,18-20,30-31H,6-9,12-14H2,1-5H3,(H2,25,26,34)(H2,27,28,35)/t15-,16-,18+,19-,20+,24-/m0/s1. The number of aromatic nitrogens is 2. The Bertz CT molecular complexity index is 1070. The topological polar surface area (TPSA) is 214 Å². The van der Waals surface area contributed by atoms with E-state index in [0.717, 1.165) is 17.4 Å². The Hall–Kier alpha value is -2.39. The second-order valence-electron chi connectivity index (χ2n) is 9.76. The van der Waals surface area contributed by atoms with Crippen LogP contribution in [0, 0.1) is 0 Å². The van der Waals surface area contributed by atoms with Crippen molar-refractivity contribution in [1.82, 2.24) is 19.7 Å². The molecule has 15 nitrogen and oxygen atoms in total. The third kappa shape index (κ3) is 9.06. The molecule has 0 aliphatic carbocycles. The van der Waals surface area contributed by atoms with E-state index in [0.29, 0.717) is 12.8 Å². The summed E-state index contributed by atoms with van der Waals surface area (Å²) in [6, 6.07) is -0.825. The Kier molecular flexibility index (Phi) is 12.7. The molecule has 0 bridgehead atoms. The van der Waals surface area contributed by atoms with E-state index in [1.807, 2.05) is 13.8 Å². The number of nitrogen functional groups attached to an aromatic ring is 1. The van der Waals surface area contributed by atoms with Gasteiger partial charge in [-0.25, -0.2) is 15.0 Å². The summed E-state index contributed by atoms with van der Waals surface area (Å²) in [5, 5.41) is 26.7. The second-order valence-corrected chi connectivity index (χ2v) is 12.0. The molecule has 0 aromatic carbocycles. The zero-order valence-electron chi connectivity index (χ0n) is 23.6. The highest BCUT2D eigenvalue weighted by atomic mass is 31.2. The van der Waals surface area contributed by atoms with E-state index in [1.54, 1.807) is 0 Å². The quantitative estimate of drug-likeness (QED) is 0.101. The van der Waals surface area contributed by atoms with E-state index in [1.165, 1.54) is 33.0 Å². The molecule has 2 rings (SSSR count). The number of carbonyl (C=O) groups excluding carboxylic acids is 2. The van der Waals surface area contributed by atoms with Gasteiger partial charge in [-0.15, -0.1) is 0 Å². The van der Waals surface area contributed by atoms with Crippen LogP contribution in [0.5, 0.6) is 0 Å². The number of nitrogens with two attached hydrogens (primary N) is 1. The first-order valence-corrected chi connectivity index (χ1v) is 15.2. The van der Waals surface area contributed by atoms with Gasteiger partial charge in [0.25, 0.3) is 0 Å². The Balaban J connectivity index is 2.22.